The highest BCUT2D eigenvalue weighted by Gasteiger charge is 2.25. The number of rotatable bonds is 12. The number of fused-ring (bicyclic) bond motifs is 20. The molecule has 0 aliphatic rings. The molecule has 23 aromatic carbocycles. The smallest absolute Gasteiger partial charge is 0.0541 e. The van der Waals surface area contributed by atoms with E-state index >= 15 is 0 Å². The SMILES string of the molecule is c1ccc(-c2ccc(-n3c4ccccc4c4cc(-c5ccc6c(c5)c5ccccc5n6-c5cccc6ccccc56)ccc43)cc2)cc1.c1ccc(-c2ccccc2-n2c3ccccc3c3cc(-c4ccc5c(c4)c4ccccc4n5-c4ccccc4-c4ccccc4)ccc32)cc1.c1ccc(-n2c3ccccc3c3cc(-c4ccc5c(c4)c4ccccc4n5-c4cccc5ccccc45)ccc32)cc1. The fourth-order valence-electron chi connectivity index (χ4n) is 22.4. The monoisotopic (exact) mass is 1780 g/mol. The van der Waals surface area contributed by atoms with Crippen LogP contribution in [0.15, 0.2) is 534 Å². The Hall–Kier alpha value is -18.6. The molecule has 0 aliphatic heterocycles. The van der Waals surface area contributed by atoms with Gasteiger partial charge in [-0.05, 0) is 224 Å². The first-order valence-electron chi connectivity index (χ1n) is 48.2. The summed E-state index contributed by atoms with van der Waals surface area (Å²) >= 11 is 0. The van der Waals surface area contributed by atoms with E-state index in [1.807, 2.05) is 0 Å². The molecule has 654 valence electrons. The Morgan fingerprint density at radius 1 is 0.100 bits per heavy atom. The first kappa shape index (κ1) is 81.0. The Balaban J connectivity index is 0.000000106. The Kier molecular flexibility index (Phi) is 19.5. The Labute approximate surface area is 808 Å². The first-order valence-corrected chi connectivity index (χ1v) is 48.2. The van der Waals surface area contributed by atoms with E-state index < -0.39 is 0 Å². The van der Waals surface area contributed by atoms with Crippen LogP contribution < -0.4 is 0 Å². The zero-order valence-corrected chi connectivity index (χ0v) is 76.5. The normalized spacial score (nSPS) is 11.7. The molecule has 29 aromatic rings. The summed E-state index contributed by atoms with van der Waals surface area (Å²) in [6.07, 6.45) is 0. The van der Waals surface area contributed by atoms with E-state index in [0.717, 1.165) is 5.69 Å². The third kappa shape index (κ3) is 13.5. The number of hydrogen-bond donors (Lipinski definition) is 0. The summed E-state index contributed by atoms with van der Waals surface area (Å²) in [4.78, 5) is 0. The summed E-state index contributed by atoms with van der Waals surface area (Å²) in [6.45, 7) is 0. The highest BCUT2D eigenvalue weighted by molar-refractivity contribution is 6.18. The van der Waals surface area contributed by atoms with E-state index in [4.69, 9.17) is 0 Å². The summed E-state index contributed by atoms with van der Waals surface area (Å²) in [5.74, 6) is 0. The minimum Gasteiger partial charge on any atom is -0.309 e. The van der Waals surface area contributed by atoms with Crippen molar-refractivity contribution in [3.63, 3.8) is 0 Å². The molecule has 0 spiro atoms. The van der Waals surface area contributed by atoms with Gasteiger partial charge < -0.3 is 27.4 Å². The van der Waals surface area contributed by atoms with Gasteiger partial charge in [-0.15, -0.1) is 0 Å². The number of para-hydroxylation sites is 9. The van der Waals surface area contributed by atoms with Crippen LogP contribution in [0.3, 0.4) is 0 Å². The van der Waals surface area contributed by atoms with Crippen molar-refractivity contribution in [3.05, 3.63) is 534 Å². The molecule has 6 heteroatoms. The van der Waals surface area contributed by atoms with Crippen LogP contribution in [0.25, 0.3) is 253 Å². The highest BCUT2D eigenvalue weighted by atomic mass is 15.0. The van der Waals surface area contributed by atoms with E-state index in [9.17, 15) is 0 Å². The molecule has 140 heavy (non-hydrogen) atoms. The second kappa shape index (κ2) is 33.8. The van der Waals surface area contributed by atoms with E-state index in [1.54, 1.807) is 0 Å². The maximum absolute atomic E-state index is 2.43. The van der Waals surface area contributed by atoms with E-state index in [1.165, 1.54) is 248 Å². The first-order chi connectivity index (χ1) is 69.5. The Morgan fingerprint density at radius 2 is 0.300 bits per heavy atom. The zero-order chi connectivity index (χ0) is 92.2. The van der Waals surface area contributed by atoms with Crippen LogP contribution in [0.1, 0.15) is 0 Å². The lowest BCUT2D eigenvalue weighted by Gasteiger charge is -2.14. The van der Waals surface area contributed by atoms with Crippen LogP contribution in [0.5, 0.6) is 0 Å². The van der Waals surface area contributed by atoms with Crippen molar-refractivity contribution in [2.75, 3.05) is 0 Å². The molecule has 6 nitrogen and oxygen atoms in total. The molecule has 0 unspecified atom stereocenters. The maximum atomic E-state index is 2.43. The lowest BCUT2D eigenvalue weighted by molar-refractivity contribution is 1.18. The standard InChI is InChI=1S/C48H32N2.C46H30N2.C40H26N2/c1-3-15-33(16-4-1)37-19-7-11-23-43(37)49-45-25-13-9-21-39(45)41-31-35(27-29-47(41)49)36-28-30-48-42(32-36)40-22-10-14-26-46(40)50(48)44-24-12-8-20-38(44)34-17-5-2-6-18-34;1-2-11-31(12-3-1)32-21-25-36(26-22-32)47-43-18-8-6-16-38(43)40-29-34(23-27-45(40)47)35-24-28-46-41(30-35)39-17-7-9-19-44(39)48(46)42-20-10-14-33-13-4-5-15-37(33)42;1-2-13-30(14-3-1)41-37-18-8-6-16-32(37)34-25-28(21-23-39(34)41)29-22-24-40-35(26-29)33-17-7-9-19-38(33)42(40)36-20-10-12-27-11-4-5-15-31(27)36/h1-32H;1-30H;1-26H. The molecule has 0 radical (unpaired) electrons. The number of benzene rings is 23. The summed E-state index contributed by atoms with van der Waals surface area (Å²) in [6, 6.07) is 194. The van der Waals surface area contributed by atoms with Gasteiger partial charge in [-0.1, -0.05) is 376 Å². The minimum absolute atomic E-state index is 1.16. The molecule has 0 N–H and O–H groups in total. The maximum Gasteiger partial charge on any atom is 0.0541 e. The molecule has 0 aliphatic carbocycles. The van der Waals surface area contributed by atoms with Crippen molar-refractivity contribution >= 4 is 152 Å². The number of hydrogen-bond acceptors (Lipinski definition) is 0. The molecule has 29 rings (SSSR count). The van der Waals surface area contributed by atoms with Gasteiger partial charge in [0.2, 0.25) is 0 Å². The van der Waals surface area contributed by atoms with Crippen molar-refractivity contribution in [1.82, 2.24) is 27.4 Å². The third-order valence-electron chi connectivity index (χ3n) is 28.8. The molecule has 0 atom stereocenters. The lowest BCUT2D eigenvalue weighted by Crippen LogP contribution is -1.97. The second-order valence-corrected chi connectivity index (χ2v) is 36.5. The molecular weight excluding hydrogens is 1690 g/mol. The van der Waals surface area contributed by atoms with Crippen LogP contribution in [0.4, 0.5) is 0 Å². The van der Waals surface area contributed by atoms with Crippen LogP contribution in [-0.2, 0) is 0 Å². The van der Waals surface area contributed by atoms with Crippen molar-refractivity contribution in [2.45, 2.75) is 0 Å². The highest BCUT2D eigenvalue weighted by Crippen LogP contribution is 2.47. The van der Waals surface area contributed by atoms with Crippen molar-refractivity contribution in [3.8, 4) is 101 Å². The second-order valence-electron chi connectivity index (χ2n) is 36.5. The number of aromatic nitrogens is 6. The quantitative estimate of drug-likeness (QED) is 0.117. The van der Waals surface area contributed by atoms with Gasteiger partial charge in [0.1, 0.15) is 0 Å². The van der Waals surface area contributed by atoms with E-state index in [2.05, 4.69) is 561 Å². The van der Waals surface area contributed by atoms with E-state index in [0.29, 0.717) is 0 Å². The number of nitrogens with zero attached hydrogens (tertiary/aromatic N) is 6. The van der Waals surface area contributed by atoms with Crippen LogP contribution in [0, 0.1) is 0 Å². The molecule has 0 saturated heterocycles. The van der Waals surface area contributed by atoms with Gasteiger partial charge in [-0.3, -0.25) is 0 Å². The van der Waals surface area contributed by atoms with Crippen LogP contribution >= 0.6 is 0 Å². The minimum atomic E-state index is 1.16. The van der Waals surface area contributed by atoms with Gasteiger partial charge in [-0.2, -0.15) is 0 Å². The molecule has 0 bridgehead atoms. The average molecular weight is 1780 g/mol. The summed E-state index contributed by atoms with van der Waals surface area (Å²) < 4.78 is 14.5. The van der Waals surface area contributed by atoms with Crippen molar-refractivity contribution in [2.24, 2.45) is 0 Å². The van der Waals surface area contributed by atoms with Gasteiger partial charge in [0.05, 0.1) is 88.9 Å². The topological polar surface area (TPSA) is 29.6 Å². The van der Waals surface area contributed by atoms with Gasteiger partial charge in [0, 0.05) is 97.9 Å². The molecule has 6 aromatic heterocycles. The molecule has 0 amide bonds. The lowest BCUT2D eigenvalue weighted by atomic mass is 10.0. The zero-order valence-electron chi connectivity index (χ0n) is 76.5. The largest absolute Gasteiger partial charge is 0.309 e. The fraction of sp³-hybridized carbons (Fsp3) is 0. The fourth-order valence-corrected chi connectivity index (χ4v) is 22.4. The van der Waals surface area contributed by atoms with Crippen molar-refractivity contribution in [1.29, 1.82) is 0 Å². The Bertz CT molecular complexity index is 9730. The van der Waals surface area contributed by atoms with E-state index in [-0.39, 0.29) is 0 Å². The summed E-state index contributed by atoms with van der Waals surface area (Å²) in [5, 5.41) is 20.1. The van der Waals surface area contributed by atoms with Crippen LogP contribution in [-0.4, -0.2) is 27.4 Å². The van der Waals surface area contributed by atoms with Gasteiger partial charge in [0.25, 0.3) is 0 Å². The van der Waals surface area contributed by atoms with Gasteiger partial charge in [-0.25, -0.2) is 0 Å². The molecule has 0 fully saturated rings. The average Bonchev–Trinajstić information content (AvgIpc) is 1.56. The van der Waals surface area contributed by atoms with Crippen LogP contribution in [0.2, 0.25) is 0 Å². The predicted molar refractivity (Wildman–Crippen MR) is 593 cm³/mol. The Morgan fingerprint density at radius 3 is 0.621 bits per heavy atom. The third-order valence-corrected chi connectivity index (χ3v) is 28.8. The van der Waals surface area contributed by atoms with Gasteiger partial charge >= 0.3 is 0 Å². The molecular formula is C134H88N6. The van der Waals surface area contributed by atoms with Crippen molar-refractivity contribution < 1.29 is 0 Å². The summed E-state index contributed by atoms with van der Waals surface area (Å²) in [5.41, 5.74) is 36.3. The predicted octanol–water partition coefficient (Wildman–Crippen LogP) is 36.0. The molecule has 6 heterocycles. The molecule has 0 saturated carbocycles. The summed E-state index contributed by atoms with van der Waals surface area (Å²) in [7, 11) is 0. The van der Waals surface area contributed by atoms with Gasteiger partial charge in [0.15, 0.2) is 0 Å².